The van der Waals surface area contributed by atoms with Crippen molar-refractivity contribution in [1.29, 1.82) is 0 Å². The Labute approximate surface area is 135 Å². The fourth-order valence-electron chi connectivity index (χ4n) is 1.82. The first-order valence-electron chi connectivity index (χ1n) is 7.80. The van der Waals surface area contributed by atoms with E-state index in [-0.39, 0.29) is 17.7 Å². The van der Waals surface area contributed by atoms with Gasteiger partial charge in [0.05, 0.1) is 0 Å². The van der Waals surface area contributed by atoms with Crippen molar-refractivity contribution in [2.45, 2.75) is 73.3 Å². The Morgan fingerprint density at radius 2 is 1.73 bits per heavy atom. The molecule has 0 aromatic rings. The van der Waals surface area contributed by atoms with Crippen LogP contribution in [0, 0.1) is 5.41 Å². The summed E-state index contributed by atoms with van der Waals surface area (Å²) < 4.78 is 5.37. The number of hydrogen-bond donors (Lipinski definition) is 0. The Bertz CT molecular complexity index is 442. The number of nitrogens with zero attached hydrogens (tertiary/aromatic N) is 1. The molecule has 0 saturated carbocycles. The zero-order chi connectivity index (χ0) is 17.6. The molecular formula is C18H31NO3. The maximum Gasteiger partial charge on any atom is 0.421 e. The van der Waals surface area contributed by atoms with Gasteiger partial charge in [0.1, 0.15) is 5.60 Å². The van der Waals surface area contributed by atoms with Gasteiger partial charge in [-0.2, -0.15) is 0 Å². The molecule has 0 heterocycles. The van der Waals surface area contributed by atoms with Crippen LogP contribution in [0.25, 0.3) is 0 Å². The standard InChI is InChI=1S/C18H31NO3/c1-9-11-12-15(20)19(16(21)22-17(4,5)6)14(3)13-18(7,8)10-2/h9,13H,1,10-12H2,2-8H3/b14-13+. The molecule has 0 atom stereocenters. The summed E-state index contributed by atoms with van der Waals surface area (Å²) in [6.45, 7) is 16.9. The van der Waals surface area contributed by atoms with Crippen molar-refractivity contribution in [1.82, 2.24) is 4.90 Å². The summed E-state index contributed by atoms with van der Waals surface area (Å²) in [6.07, 6.45) is 4.67. The van der Waals surface area contributed by atoms with Gasteiger partial charge in [-0.25, -0.2) is 9.69 Å². The third-order valence-electron chi connectivity index (χ3n) is 3.25. The molecule has 0 radical (unpaired) electrons. The Kier molecular flexibility index (Phi) is 7.57. The van der Waals surface area contributed by atoms with Gasteiger partial charge in [-0.3, -0.25) is 4.79 Å². The van der Waals surface area contributed by atoms with Gasteiger partial charge >= 0.3 is 6.09 Å². The van der Waals surface area contributed by atoms with Crippen LogP contribution in [0.3, 0.4) is 0 Å². The van der Waals surface area contributed by atoms with Crippen LogP contribution in [0.2, 0.25) is 0 Å². The fraction of sp³-hybridized carbons (Fsp3) is 0.667. The molecule has 0 aliphatic heterocycles. The van der Waals surface area contributed by atoms with E-state index in [0.717, 1.165) is 11.3 Å². The summed E-state index contributed by atoms with van der Waals surface area (Å²) in [4.78, 5) is 25.9. The third-order valence-corrected chi connectivity index (χ3v) is 3.25. The predicted octanol–water partition coefficient (Wildman–Crippen LogP) is 5.06. The van der Waals surface area contributed by atoms with Crippen LogP contribution in [0.15, 0.2) is 24.4 Å². The van der Waals surface area contributed by atoms with Gasteiger partial charge in [-0.15, -0.1) is 6.58 Å². The van der Waals surface area contributed by atoms with Crippen molar-refractivity contribution in [2.75, 3.05) is 0 Å². The van der Waals surface area contributed by atoms with E-state index >= 15 is 0 Å². The van der Waals surface area contributed by atoms with Gasteiger partial charge in [0.15, 0.2) is 0 Å². The van der Waals surface area contributed by atoms with E-state index in [1.807, 2.05) is 6.08 Å². The molecule has 22 heavy (non-hydrogen) atoms. The monoisotopic (exact) mass is 309 g/mol. The Balaban J connectivity index is 5.46. The topological polar surface area (TPSA) is 46.6 Å². The molecule has 4 heteroatoms. The number of allylic oxidation sites excluding steroid dienone is 3. The summed E-state index contributed by atoms with van der Waals surface area (Å²) in [7, 11) is 0. The molecule has 0 spiro atoms. The molecule has 0 saturated heterocycles. The molecule has 0 aromatic carbocycles. The van der Waals surface area contributed by atoms with E-state index in [4.69, 9.17) is 4.74 Å². The average Bonchev–Trinajstić information content (AvgIpc) is 2.33. The largest absolute Gasteiger partial charge is 0.443 e. The SMILES string of the molecule is C=CCCC(=O)N(C(=O)OC(C)(C)C)/C(C)=C/C(C)(C)CC. The van der Waals surface area contributed by atoms with E-state index in [2.05, 4.69) is 27.4 Å². The van der Waals surface area contributed by atoms with E-state index in [1.165, 1.54) is 0 Å². The number of carbonyl (C=O) groups is 2. The molecular weight excluding hydrogens is 278 g/mol. The average molecular weight is 309 g/mol. The lowest BCUT2D eigenvalue weighted by Gasteiger charge is -2.28. The molecule has 0 rings (SSSR count). The van der Waals surface area contributed by atoms with Crippen molar-refractivity contribution in [2.24, 2.45) is 5.41 Å². The van der Waals surface area contributed by atoms with Crippen LogP contribution in [-0.2, 0) is 9.53 Å². The van der Waals surface area contributed by atoms with Crippen LogP contribution < -0.4 is 0 Å². The van der Waals surface area contributed by atoms with E-state index in [1.54, 1.807) is 33.8 Å². The molecule has 0 aromatic heterocycles. The maximum atomic E-state index is 12.4. The summed E-state index contributed by atoms with van der Waals surface area (Å²) in [5, 5.41) is 0. The maximum absolute atomic E-state index is 12.4. The highest BCUT2D eigenvalue weighted by Crippen LogP contribution is 2.25. The Morgan fingerprint density at radius 1 is 1.18 bits per heavy atom. The van der Waals surface area contributed by atoms with E-state index in [0.29, 0.717) is 12.1 Å². The summed E-state index contributed by atoms with van der Waals surface area (Å²) in [5.74, 6) is -0.269. The Hall–Kier alpha value is -1.58. The molecule has 2 amide bonds. The van der Waals surface area contributed by atoms with Gasteiger partial charge in [0.25, 0.3) is 0 Å². The van der Waals surface area contributed by atoms with Gasteiger partial charge in [-0.05, 0) is 46.0 Å². The lowest BCUT2D eigenvalue weighted by atomic mass is 9.89. The number of carbonyl (C=O) groups excluding carboxylic acids is 2. The predicted molar refractivity (Wildman–Crippen MR) is 90.3 cm³/mol. The lowest BCUT2D eigenvalue weighted by Crippen LogP contribution is -2.40. The number of hydrogen-bond acceptors (Lipinski definition) is 3. The summed E-state index contributed by atoms with van der Waals surface area (Å²) in [6, 6.07) is 0. The number of rotatable bonds is 6. The molecule has 126 valence electrons. The van der Waals surface area contributed by atoms with Gasteiger partial charge in [0.2, 0.25) is 5.91 Å². The van der Waals surface area contributed by atoms with Crippen molar-refractivity contribution >= 4 is 12.0 Å². The highest BCUT2D eigenvalue weighted by Gasteiger charge is 2.29. The minimum absolute atomic E-state index is 0.0942. The zero-order valence-corrected chi connectivity index (χ0v) is 15.2. The van der Waals surface area contributed by atoms with E-state index < -0.39 is 11.7 Å². The highest BCUT2D eigenvalue weighted by molar-refractivity contribution is 5.94. The minimum atomic E-state index is -0.644. The van der Waals surface area contributed by atoms with Crippen molar-refractivity contribution in [3.63, 3.8) is 0 Å². The van der Waals surface area contributed by atoms with E-state index in [9.17, 15) is 9.59 Å². The molecule has 0 N–H and O–H groups in total. The molecule has 0 fully saturated rings. The van der Waals surface area contributed by atoms with Gasteiger partial charge < -0.3 is 4.74 Å². The number of imide groups is 1. The van der Waals surface area contributed by atoms with Crippen molar-refractivity contribution in [3.05, 3.63) is 24.4 Å². The summed E-state index contributed by atoms with van der Waals surface area (Å²) >= 11 is 0. The van der Waals surface area contributed by atoms with Crippen LogP contribution in [0.5, 0.6) is 0 Å². The minimum Gasteiger partial charge on any atom is -0.443 e. The first-order valence-corrected chi connectivity index (χ1v) is 7.80. The third kappa shape index (κ3) is 7.43. The first-order chi connectivity index (χ1) is 9.93. The molecule has 0 aliphatic carbocycles. The highest BCUT2D eigenvalue weighted by atomic mass is 16.6. The molecule has 4 nitrogen and oxygen atoms in total. The quantitative estimate of drug-likeness (QED) is 0.644. The van der Waals surface area contributed by atoms with Crippen molar-refractivity contribution in [3.8, 4) is 0 Å². The van der Waals surface area contributed by atoms with Gasteiger partial charge in [0, 0.05) is 12.1 Å². The second-order valence-electron chi connectivity index (χ2n) is 7.16. The van der Waals surface area contributed by atoms with Crippen LogP contribution >= 0.6 is 0 Å². The lowest BCUT2D eigenvalue weighted by molar-refractivity contribution is -0.128. The van der Waals surface area contributed by atoms with Crippen LogP contribution in [-0.4, -0.2) is 22.5 Å². The summed E-state index contributed by atoms with van der Waals surface area (Å²) in [5.41, 5.74) is -0.132. The molecule has 0 unspecified atom stereocenters. The number of amides is 2. The van der Waals surface area contributed by atoms with Crippen molar-refractivity contribution < 1.29 is 14.3 Å². The fourth-order valence-corrected chi connectivity index (χ4v) is 1.82. The smallest absolute Gasteiger partial charge is 0.421 e. The molecule has 0 aliphatic rings. The van der Waals surface area contributed by atoms with Crippen LogP contribution in [0.4, 0.5) is 4.79 Å². The second-order valence-corrected chi connectivity index (χ2v) is 7.16. The molecule has 0 bridgehead atoms. The first kappa shape index (κ1) is 20.4. The van der Waals surface area contributed by atoms with Crippen LogP contribution in [0.1, 0.15) is 67.7 Å². The van der Waals surface area contributed by atoms with Gasteiger partial charge in [-0.1, -0.05) is 32.9 Å². The second kappa shape index (κ2) is 8.16. The number of ether oxygens (including phenoxy) is 1. The Morgan fingerprint density at radius 3 is 2.14 bits per heavy atom. The normalized spacial score (nSPS) is 12.8. The zero-order valence-electron chi connectivity index (χ0n) is 15.2.